The Morgan fingerprint density at radius 3 is 1.90 bits per heavy atom. The molecule has 2 N–H and O–H groups in total. The smallest absolute Gasteiger partial charge is 0.311 e. The average Bonchev–Trinajstić information content (AvgIpc) is 2.46. The van der Waals surface area contributed by atoms with E-state index in [1.165, 1.54) is 15.9 Å². The van der Waals surface area contributed by atoms with E-state index >= 15 is 0 Å². The number of hydrogen-bond donors (Lipinski definition) is 1. The zero-order chi connectivity index (χ0) is 15.6. The first-order valence-corrected chi connectivity index (χ1v) is 6.24. The van der Waals surface area contributed by atoms with Crippen molar-refractivity contribution in [1.82, 2.24) is 9.80 Å². The van der Waals surface area contributed by atoms with Gasteiger partial charge in [0.2, 0.25) is 0 Å². The van der Waals surface area contributed by atoms with E-state index < -0.39 is 34.9 Å². The summed E-state index contributed by atoms with van der Waals surface area (Å²) in [5, 5.41) is 0. The summed E-state index contributed by atoms with van der Waals surface area (Å²) < 4.78 is 27.1. The van der Waals surface area contributed by atoms with Crippen LogP contribution in [-0.2, 0) is 9.59 Å². The minimum atomic E-state index is -1.07. The van der Waals surface area contributed by atoms with Crippen molar-refractivity contribution in [2.24, 2.45) is 5.73 Å². The van der Waals surface area contributed by atoms with Gasteiger partial charge in [0.15, 0.2) is 0 Å². The van der Waals surface area contributed by atoms with E-state index in [0.29, 0.717) is 0 Å². The Hall–Kier alpha value is -2.51. The van der Waals surface area contributed by atoms with Crippen LogP contribution in [0.25, 0.3) is 0 Å². The summed E-state index contributed by atoms with van der Waals surface area (Å²) in [5.41, 5.74) is 4.26. The standard InChI is InChI=1S/C13H13F2N3O3/c14-8-2-1-3-9(15)10(8)12(20)17-4-6-18(7-5-17)13(21)11(16)19/h1-3H,4-7H2,(H2,16,19). The molecule has 0 unspecified atom stereocenters. The molecule has 1 saturated heterocycles. The number of rotatable bonds is 1. The third-order valence-corrected chi connectivity index (χ3v) is 3.24. The maximum absolute atomic E-state index is 13.6. The fourth-order valence-corrected chi connectivity index (χ4v) is 2.13. The molecule has 2 rings (SSSR count). The number of primary amides is 1. The van der Waals surface area contributed by atoms with Gasteiger partial charge in [-0.05, 0) is 12.1 Å². The van der Waals surface area contributed by atoms with Crippen molar-refractivity contribution < 1.29 is 23.2 Å². The number of carbonyl (C=O) groups excluding carboxylic acids is 3. The van der Waals surface area contributed by atoms with Crippen molar-refractivity contribution >= 4 is 17.7 Å². The largest absolute Gasteiger partial charge is 0.361 e. The van der Waals surface area contributed by atoms with Crippen LogP contribution in [0.2, 0.25) is 0 Å². The Labute approximate surface area is 119 Å². The summed E-state index contributed by atoms with van der Waals surface area (Å²) in [7, 11) is 0. The maximum Gasteiger partial charge on any atom is 0.311 e. The molecule has 1 aromatic carbocycles. The van der Waals surface area contributed by atoms with Gasteiger partial charge in [-0.15, -0.1) is 0 Å². The Bertz CT molecular complexity index is 578. The van der Waals surface area contributed by atoms with Crippen molar-refractivity contribution in [1.29, 1.82) is 0 Å². The second-order valence-electron chi connectivity index (χ2n) is 4.55. The third kappa shape index (κ3) is 2.99. The first-order valence-electron chi connectivity index (χ1n) is 6.24. The van der Waals surface area contributed by atoms with Gasteiger partial charge in [0.05, 0.1) is 0 Å². The van der Waals surface area contributed by atoms with E-state index in [2.05, 4.69) is 0 Å². The molecule has 0 aliphatic carbocycles. The van der Waals surface area contributed by atoms with Crippen molar-refractivity contribution in [3.63, 3.8) is 0 Å². The fraction of sp³-hybridized carbons (Fsp3) is 0.308. The minimum Gasteiger partial charge on any atom is -0.361 e. The van der Waals surface area contributed by atoms with Gasteiger partial charge in [0.25, 0.3) is 5.91 Å². The predicted octanol–water partition coefficient (Wildman–Crippen LogP) is -0.266. The van der Waals surface area contributed by atoms with Gasteiger partial charge < -0.3 is 15.5 Å². The number of piperazine rings is 1. The summed E-state index contributed by atoms with van der Waals surface area (Å²) in [6.07, 6.45) is 0. The molecule has 1 aromatic rings. The molecule has 6 nitrogen and oxygen atoms in total. The lowest BCUT2D eigenvalue weighted by molar-refractivity contribution is -0.145. The quantitative estimate of drug-likeness (QED) is 0.725. The van der Waals surface area contributed by atoms with Crippen molar-refractivity contribution in [2.45, 2.75) is 0 Å². The van der Waals surface area contributed by atoms with Crippen LogP contribution in [0.1, 0.15) is 10.4 Å². The molecule has 1 aliphatic rings. The van der Waals surface area contributed by atoms with Gasteiger partial charge in [-0.3, -0.25) is 14.4 Å². The predicted molar refractivity (Wildman–Crippen MR) is 68.0 cm³/mol. The lowest BCUT2D eigenvalue weighted by Crippen LogP contribution is -2.53. The highest BCUT2D eigenvalue weighted by Gasteiger charge is 2.29. The number of amides is 3. The second-order valence-corrected chi connectivity index (χ2v) is 4.55. The summed E-state index contributed by atoms with van der Waals surface area (Å²) in [6, 6.07) is 3.18. The monoisotopic (exact) mass is 297 g/mol. The fourth-order valence-electron chi connectivity index (χ4n) is 2.13. The van der Waals surface area contributed by atoms with Crippen LogP contribution in [0.3, 0.4) is 0 Å². The first-order chi connectivity index (χ1) is 9.91. The number of hydrogen-bond acceptors (Lipinski definition) is 3. The maximum atomic E-state index is 13.6. The van der Waals surface area contributed by atoms with Crippen LogP contribution in [0.4, 0.5) is 8.78 Å². The molecule has 8 heteroatoms. The molecule has 112 valence electrons. The lowest BCUT2D eigenvalue weighted by Gasteiger charge is -2.34. The molecule has 0 bridgehead atoms. The normalized spacial score (nSPS) is 15.0. The molecule has 1 aliphatic heterocycles. The van der Waals surface area contributed by atoms with Crippen LogP contribution in [0.5, 0.6) is 0 Å². The highest BCUT2D eigenvalue weighted by Crippen LogP contribution is 2.16. The Kier molecular flexibility index (Phi) is 4.15. The molecule has 0 spiro atoms. The molecule has 1 heterocycles. The van der Waals surface area contributed by atoms with Gasteiger partial charge >= 0.3 is 11.8 Å². The highest BCUT2D eigenvalue weighted by molar-refractivity contribution is 6.34. The third-order valence-electron chi connectivity index (χ3n) is 3.24. The van der Waals surface area contributed by atoms with Crippen molar-refractivity contribution in [3.8, 4) is 0 Å². The van der Waals surface area contributed by atoms with Crippen LogP contribution in [-0.4, -0.2) is 53.7 Å². The summed E-state index contributed by atoms with van der Waals surface area (Å²) >= 11 is 0. The summed E-state index contributed by atoms with van der Waals surface area (Å²) in [6.45, 7) is 0.324. The molecular formula is C13H13F2N3O3. The minimum absolute atomic E-state index is 0.0750. The molecule has 0 saturated carbocycles. The van der Waals surface area contributed by atoms with Crippen LogP contribution >= 0.6 is 0 Å². The average molecular weight is 297 g/mol. The number of carbonyl (C=O) groups is 3. The molecule has 0 aromatic heterocycles. The van der Waals surface area contributed by atoms with E-state index in [1.54, 1.807) is 0 Å². The molecule has 21 heavy (non-hydrogen) atoms. The molecular weight excluding hydrogens is 284 g/mol. The number of nitrogens with two attached hydrogens (primary N) is 1. The van der Waals surface area contributed by atoms with E-state index in [-0.39, 0.29) is 26.2 Å². The Morgan fingerprint density at radius 2 is 1.43 bits per heavy atom. The van der Waals surface area contributed by atoms with Gasteiger partial charge in [-0.2, -0.15) is 0 Å². The van der Waals surface area contributed by atoms with E-state index in [1.807, 2.05) is 0 Å². The van der Waals surface area contributed by atoms with Gasteiger partial charge in [0.1, 0.15) is 17.2 Å². The SMILES string of the molecule is NC(=O)C(=O)N1CCN(C(=O)c2c(F)cccc2F)CC1. The lowest BCUT2D eigenvalue weighted by atomic mass is 10.1. The first kappa shape index (κ1) is 14.9. The summed E-state index contributed by atoms with van der Waals surface area (Å²) in [4.78, 5) is 36.7. The zero-order valence-electron chi connectivity index (χ0n) is 11.0. The van der Waals surface area contributed by atoms with Crippen LogP contribution in [0.15, 0.2) is 18.2 Å². The van der Waals surface area contributed by atoms with Gasteiger partial charge in [-0.1, -0.05) is 6.07 Å². The van der Waals surface area contributed by atoms with E-state index in [0.717, 1.165) is 12.1 Å². The Balaban J connectivity index is 2.07. The van der Waals surface area contributed by atoms with E-state index in [9.17, 15) is 23.2 Å². The van der Waals surface area contributed by atoms with E-state index in [4.69, 9.17) is 5.73 Å². The van der Waals surface area contributed by atoms with Crippen molar-refractivity contribution in [3.05, 3.63) is 35.4 Å². The molecule has 0 radical (unpaired) electrons. The van der Waals surface area contributed by atoms with Gasteiger partial charge in [0, 0.05) is 26.2 Å². The number of benzene rings is 1. The van der Waals surface area contributed by atoms with Crippen LogP contribution < -0.4 is 5.73 Å². The Morgan fingerprint density at radius 1 is 0.952 bits per heavy atom. The highest BCUT2D eigenvalue weighted by atomic mass is 19.1. The molecule has 1 fully saturated rings. The zero-order valence-corrected chi connectivity index (χ0v) is 11.0. The molecule has 3 amide bonds. The number of halogens is 2. The second kappa shape index (κ2) is 5.86. The molecule has 0 atom stereocenters. The number of nitrogens with zero attached hydrogens (tertiary/aromatic N) is 2. The topological polar surface area (TPSA) is 83.7 Å². The van der Waals surface area contributed by atoms with Crippen molar-refractivity contribution in [2.75, 3.05) is 26.2 Å². The van der Waals surface area contributed by atoms with Crippen LogP contribution in [0, 0.1) is 11.6 Å². The van der Waals surface area contributed by atoms with Gasteiger partial charge in [-0.25, -0.2) is 8.78 Å². The summed E-state index contributed by atoms with van der Waals surface area (Å²) in [5.74, 6) is -4.56.